The summed E-state index contributed by atoms with van der Waals surface area (Å²) in [4.78, 5) is 24.5. The monoisotopic (exact) mass is 331 g/mol. The molecule has 0 saturated carbocycles. The van der Waals surface area contributed by atoms with Crippen LogP contribution < -0.4 is 0 Å². The molecule has 104 valence electrons. The predicted octanol–water partition coefficient (Wildman–Crippen LogP) is 2.61. The van der Waals surface area contributed by atoms with Gasteiger partial charge in [-0.3, -0.25) is 9.59 Å². The first-order chi connectivity index (χ1) is 8.95. The summed E-state index contributed by atoms with van der Waals surface area (Å²) >= 11 is 3.04. The van der Waals surface area contributed by atoms with Gasteiger partial charge in [0.2, 0.25) is 0 Å². The lowest BCUT2D eigenvalue weighted by molar-refractivity contribution is -0.140. The molecule has 1 aromatic carbocycles. The topological polar surface area (TPSA) is 46.6 Å². The number of amides is 1. The van der Waals surface area contributed by atoms with Crippen LogP contribution in [0.25, 0.3) is 0 Å². The third-order valence-electron chi connectivity index (χ3n) is 2.62. The molecular weight excluding hydrogens is 317 g/mol. The third kappa shape index (κ3) is 4.63. The molecule has 1 rings (SSSR count). The van der Waals surface area contributed by atoms with E-state index in [-0.39, 0.29) is 22.8 Å². The average Bonchev–Trinajstić information content (AvgIpc) is 2.40. The number of rotatable bonds is 5. The SMILES string of the molecule is COC(=O)CCCN(C)C(=O)c1ccc(F)c(Br)c1. The summed E-state index contributed by atoms with van der Waals surface area (Å²) in [6.45, 7) is 0.433. The molecule has 0 saturated heterocycles. The number of ether oxygens (including phenoxy) is 1. The average molecular weight is 332 g/mol. The smallest absolute Gasteiger partial charge is 0.305 e. The van der Waals surface area contributed by atoms with Crippen molar-refractivity contribution in [2.24, 2.45) is 0 Å². The van der Waals surface area contributed by atoms with Crippen molar-refractivity contribution in [3.05, 3.63) is 34.1 Å². The Hall–Kier alpha value is -1.43. The molecule has 0 bridgehead atoms. The summed E-state index contributed by atoms with van der Waals surface area (Å²) in [6.07, 6.45) is 0.790. The molecule has 1 amide bonds. The zero-order valence-electron chi connectivity index (χ0n) is 10.8. The standard InChI is InChI=1S/C13H15BrFNO3/c1-16(7-3-4-12(17)19-2)13(18)9-5-6-11(15)10(14)8-9/h5-6,8H,3-4,7H2,1-2H3. The molecule has 0 heterocycles. The van der Waals surface area contributed by atoms with E-state index in [1.807, 2.05) is 0 Å². The van der Waals surface area contributed by atoms with E-state index in [0.717, 1.165) is 0 Å². The van der Waals surface area contributed by atoms with Gasteiger partial charge in [-0.15, -0.1) is 0 Å². The molecule has 0 aliphatic carbocycles. The Labute approximate surface area is 119 Å². The van der Waals surface area contributed by atoms with Gasteiger partial charge in [0, 0.05) is 25.6 Å². The Kier molecular flexibility index (Phi) is 5.95. The van der Waals surface area contributed by atoms with Gasteiger partial charge in [-0.2, -0.15) is 0 Å². The minimum Gasteiger partial charge on any atom is -0.469 e. The van der Waals surface area contributed by atoms with Gasteiger partial charge in [-0.05, 0) is 40.5 Å². The van der Waals surface area contributed by atoms with Crippen LogP contribution in [0.5, 0.6) is 0 Å². The van der Waals surface area contributed by atoms with Crippen molar-refractivity contribution in [3.63, 3.8) is 0 Å². The summed E-state index contributed by atoms with van der Waals surface area (Å²) in [7, 11) is 2.96. The van der Waals surface area contributed by atoms with Crippen LogP contribution in [0.3, 0.4) is 0 Å². The fraction of sp³-hybridized carbons (Fsp3) is 0.385. The van der Waals surface area contributed by atoms with Crippen LogP contribution >= 0.6 is 15.9 Å². The zero-order chi connectivity index (χ0) is 14.4. The third-order valence-corrected chi connectivity index (χ3v) is 3.22. The Balaban J connectivity index is 2.56. The summed E-state index contributed by atoms with van der Waals surface area (Å²) in [5, 5.41) is 0. The zero-order valence-corrected chi connectivity index (χ0v) is 12.4. The van der Waals surface area contributed by atoms with Crippen LogP contribution in [-0.4, -0.2) is 37.5 Å². The van der Waals surface area contributed by atoms with Crippen molar-refractivity contribution < 1.29 is 18.7 Å². The Bertz CT molecular complexity index is 479. The van der Waals surface area contributed by atoms with Crippen LogP contribution in [0.15, 0.2) is 22.7 Å². The molecule has 0 unspecified atom stereocenters. The van der Waals surface area contributed by atoms with Crippen LogP contribution in [0, 0.1) is 5.82 Å². The molecule has 0 aromatic heterocycles. The Morgan fingerprint density at radius 1 is 1.42 bits per heavy atom. The predicted molar refractivity (Wildman–Crippen MR) is 72.3 cm³/mol. The summed E-state index contributed by atoms with van der Waals surface area (Å²) in [5.74, 6) is -0.930. The van der Waals surface area contributed by atoms with Gasteiger partial charge in [-0.1, -0.05) is 0 Å². The van der Waals surface area contributed by atoms with E-state index in [4.69, 9.17) is 0 Å². The maximum Gasteiger partial charge on any atom is 0.305 e. The number of nitrogens with zero attached hydrogens (tertiary/aromatic N) is 1. The maximum atomic E-state index is 13.1. The molecule has 4 nitrogen and oxygen atoms in total. The molecule has 0 atom stereocenters. The normalized spacial score (nSPS) is 10.1. The van der Waals surface area contributed by atoms with E-state index >= 15 is 0 Å². The summed E-state index contributed by atoms with van der Waals surface area (Å²) in [5.41, 5.74) is 0.397. The van der Waals surface area contributed by atoms with Crippen LogP contribution in [0.4, 0.5) is 4.39 Å². The first-order valence-electron chi connectivity index (χ1n) is 5.73. The fourth-order valence-electron chi connectivity index (χ4n) is 1.51. The maximum absolute atomic E-state index is 13.1. The van der Waals surface area contributed by atoms with Crippen molar-refractivity contribution >= 4 is 27.8 Å². The Morgan fingerprint density at radius 3 is 2.68 bits per heavy atom. The second kappa shape index (κ2) is 7.23. The summed E-state index contributed by atoms with van der Waals surface area (Å²) < 4.78 is 17.8. The largest absolute Gasteiger partial charge is 0.469 e. The van der Waals surface area contributed by atoms with Gasteiger partial charge in [0.1, 0.15) is 5.82 Å². The van der Waals surface area contributed by atoms with E-state index in [1.165, 1.54) is 30.2 Å². The highest BCUT2D eigenvalue weighted by molar-refractivity contribution is 9.10. The quantitative estimate of drug-likeness (QED) is 0.779. The number of methoxy groups -OCH3 is 1. The van der Waals surface area contributed by atoms with Crippen molar-refractivity contribution in [1.82, 2.24) is 4.90 Å². The van der Waals surface area contributed by atoms with Gasteiger partial charge >= 0.3 is 5.97 Å². The lowest BCUT2D eigenvalue weighted by Gasteiger charge is -2.17. The van der Waals surface area contributed by atoms with Crippen LogP contribution in [-0.2, 0) is 9.53 Å². The summed E-state index contributed by atoms with van der Waals surface area (Å²) in [6, 6.07) is 4.10. The molecule has 0 aliphatic rings. The van der Waals surface area contributed by atoms with Gasteiger partial charge in [0.15, 0.2) is 0 Å². The molecule has 0 fully saturated rings. The highest BCUT2D eigenvalue weighted by atomic mass is 79.9. The van der Waals surface area contributed by atoms with E-state index in [1.54, 1.807) is 7.05 Å². The molecule has 0 radical (unpaired) electrons. The molecule has 0 spiro atoms. The van der Waals surface area contributed by atoms with Crippen molar-refractivity contribution in [2.75, 3.05) is 20.7 Å². The van der Waals surface area contributed by atoms with Crippen molar-refractivity contribution in [3.8, 4) is 0 Å². The highest BCUT2D eigenvalue weighted by Gasteiger charge is 2.13. The molecule has 6 heteroatoms. The van der Waals surface area contributed by atoms with Crippen LogP contribution in [0.1, 0.15) is 23.2 Å². The molecule has 0 N–H and O–H groups in total. The van der Waals surface area contributed by atoms with E-state index in [2.05, 4.69) is 20.7 Å². The van der Waals surface area contributed by atoms with E-state index in [9.17, 15) is 14.0 Å². The first kappa shape index (κ1) is 15.6. The second-order valence-corrected chi connectivity index (χ2v) is 4.89. The number of carbonyl (C=O) groups excluding carboxylic acids is 2. The number of carbonyl (C=O) groups is 2. The number of hydrogen-bond donors (Lipinski definition) is 0. The Morgan fingerprint density at radius 2 is 2.11 bits per heavy atom. The van der Waals surface area contributed by atoms with Gasteiger partial charge in [0.25, 0.3) is 5.91 Å². The lowest BCUT2D eigenvalue weighted by atomic mass is 10.2. The van der Waals surface area contributed by atoms with Crippen molar-refractivity contribution in [2.45, 2.75) is 12.8 Å². The first-order valence-corrected chi connectivity index (χ1v) is 6.52. The molecular formula is C13H15BrFNO3. The van der Waals surface area contributed by atoms with E-state index in [0.29, 0.717) is 18.5 Å². The van der Waals surface area contributed by atoms with Crippen LogP contribution in [0.2, 0.25) is 0 Å². The second-order valence-electron chi connectivity index (χ2n) is 4.04. The number of benzene rings is 1. The fourth-order valence-corrected chi connectivity index (χ4v) is 1.89. The molecule has 0 aliphatic heterocycles. The molecule has 19 heavy (non-hydrogen) atoms. The number of hydrogen-bond acceptors (Lipinski definition) is 3. The number of halogens is 2. The minimum absolute atomic E-state index is 0.217. The van der Waals surface area contributed by atoms with Gasteiger partial charge in [0.05, 0.1) is 11.6 Å². The lowest BCUT2D eigenvalue weighted by Crippen LogP contribution is -2.28. The molecule has 1 aromatic rings. The van der Waals surface area contributed by atoms with Gasteiger partial charge < -0.3 is 9.64 Å². The van der Waals surface area contributed by atoms with E-state index < -0.39 is 5.82 Å². The minimum atomic E-state index is -0.412. The van der Waals surface area contributed by atoms with Crippen molar-refractivity contribution in [1.29, 1.82) is 0 Å². The highest BCUT2D eigenvalue weighted by Crippen LogP contribution is 2.17. The van der Waals surface area contributed by atoms with Gasteiger partial charge in [-0.25, -0.2) is 4.39 Å². The number of esters is 1.